The number of hydrogen-bond acceptors (Lipinski definition) is 2. The van der Waals surface area contributed by atoms with Crippen LogP contribution in [-0.2, 0) is 4.74 Å². The maximum atomic E-state index is 5.64. The van der Waals surface area contributed by atoms with E-state index in [1.54, 1.807) is 0 Å². The maximum absolute atomic E-state index is 5.64. The molecule has 0 aromatic rings. The zero-order chi connectivity index (χ0) is 7.03. The molecule has 1 spiro atoms. The van der Waals surface area contributed by atoms with Gasteiger partial charge in [0.15, 0.2) is 0 Å². The standard InChI is InChI=1S/C8H15NO/c9-4-7-5-10-6-8(7)2-1-3-8/h7H,1-6,9H2. The molecule has 1 saturated heterocycles. The van der Waals surface area contributed by atoms with Gasteiger partial charge in [0.2, 0.25) is 0 Å². The van der Waals surface area contributed by atoms with Crippen molar-refractivity contribution in [2.24, 2.45) is 17.1 Å². The SMILES string of the molecule is NCC1COCC12CCC2. The fourth-order valence-electron chi connectivity index (χ4n) is 2.20. The Morgan fingerprint density at radius 2 is 2.30 bits per heavy atom. The van der Waals surface area contributed by atoms with Crippen LogP contribution < -0.4 is 5.73 Å². The zero-order valence-corrected chi connectivity index (χ0v) is 6.31. The van der Waals surface area contributed by atoms with Crippen LogP contribution >= 0.6 is 0 Å². The average molecular weight is 141 g/mol. The molecule has 0 bridgehead atoms. The molecule has 2 N–H and O–H groups in total. The Bertz CT molecular complexity index is 131. The molecular weight excluding hydrogens is 126 g/mol. The Kier molecular flexibility index (Phi) is 1.46. The van der Waals surface area contributed by atoms with E-state index >= 15 is 0 Å². The summed E-state index contributed by atoms with van der Waals surface area (Å²) in [6, 6.07) is 0. The molecule has 2 heteroatoms. The minimum absolute atomic E-state index is 0.536. The van der Waals surface area contributed by atoms with Gasteiger partial charge in [-0.2, -0.15) is 0 Å². The predicted octanol–water partition coefficient (Wildman–Crippen LogP) is 0.762. The van der Waals surface area contributed by atoms with Crippen LogP contribution in [-0.4, -0.2) is 19.8 Å². The number of hydrogen-bond donors (Lipinski definition) is 1. The molecule has 2 nitrogen and oxygen atoms in total. The zero-order valence-electron chi connectivity index (χ0n) is 6.31. The Morgan fingerprint density at radius 3 is 2.70 bits per heavy atom. The van der Waals surface area contributed by atoms with Crippen LogP contribution in [0.15, 0.2) is 0 Å². The molecule has 0 aromatic carbocycles. The van der Waals surface area contributed by atoms with Gasteiger partial charge in [0.25, 0.3) is 0 Å². The molecule has 1 saturated carbocycles. The van der Waals surface area contributed by atoms with Crippen molar-refractivity contribution in [2.45, 2.75) is 19.3 Å². The molecule has 1 heterocycles. The van der Waals surface area contributed by atoms with Crippen LogP contribution in [0.25, 0.3) is 0 Å². The van der Waals surface area contributed by atoms with Gasteiger partial charge in [0, 0.05) is 5.92 Å². The quantitative estimate of drug-likeness (QED) is 0.585. The van der Waals surface area contributed by atoms with Crippen molar-refractivity contribution in [1.29, 1.82) is 0 Å². The molecule has 1 atom stereocenters. The van der Waals surface area contributed by atoms with Crippen LogP contribution in [0.1, 0.15) is 19.3 Å². The predicted molar refractivity (Wildman–Crippen MR) is 39.6 cm³/mol. The van der Waals surface area contributed by atoms with Gasteiger partial charge in [-0.3, -0.25) is 0 Å². The van der Waals surface area contributed by atoms with Gasteiger partial charge >= 0.3 is 0 Å². The third-order valence-corrected chi connectivity index (χ3v) is 3.21. The molecule has 0 radical (unpaired) electrons. The first-order valence-electron chi connectivity index (χ1n) is 4.15. The number of ether oxygens (including phenoxy) is 1. The summed E-state index contributed by atoms with van der Waals surface area (Å²) in [7, 11) is 0. The summed E-state index contributed by atoms with van der Waals surface area (Å²) in [6.45, 7) is 2.71. The Labute approximate surface area is 61.7 Å². The number of rotatable bonds is 1. The molecule has 58 valence electrons. The Balaban J connectivity index is 2.05. The molecule has 2 rings (SSSR count). The van der Waals surface area contributed by atoms with Crippen molar-refractivity contribution in [1.82, 2.24) is 0 Å². The molecule has 2 fully saturated rings. The molecule has 1 aliphatic carbocycles. The van der Waals surface area contributed by atoms with Crippen molar-refractivity contribution in [2.75, 3.05) is 19.8 Å². The molecule has 2 aliphatic rings. The summed E-state index contributed by atoms with van der Waals surface area (Å²) in [4.78, 5) is 0. The molecule has 1 unspecified atom stereocenters. The highest BCUT2D eigenvalue weighted by molar-refractivity contribution is 4.96. The van der Waals surface area contributed by atoms with Crippen LogP contribution in [0, 0.1) is 11.3 Å². The van der Waals surface area contributed by atoms with Gasteiger partial charge in [0.05, 0.1) is 13.2 Å². The Morgan fingerprint density at radius 1 is 1.50 bits per heavy atom. The van der Waals surface area contributed by atoms with E-state index in [1.807, 2.05) is 0 Å². The van der Waals surface area contributed by atoms with Crippen LogP contribution in [0.5, 0.6) is 0 Å². The van der Waals surface area contributed by atoms with Crippen molar-refractivity contribution < 1.29 is 4.74 Å². The highest BCUT2D eigenvalue weighted by Gasteiger charge is 2.47. The first-order chi connectivity index (χ1) is 4.87. The van der Waals surface area contributed by atoms with Gasteiger partial charge in [-0.25, -0.2) is 0 Å². The van der Waals surface area contributed by atoms with E-state index in [2.05, 4.69) is 0 Å². The van der Waals surface area contributed by atoms with Gasteiger partial charge < -0.3 is 10.5 Å². The van der Waals surface area contributed by atoms with Crippen LogP contribution in [0.2, 0.25) is 0 Å². The van der Waals surface area contributed by atoms with Gasteiger partial charge in [-0.05, 0) is 24.8 Å². The lowest BCUT2D eigenvalue weighted by Gasteiger charge is -2.41. The second kappa shape index (κ2) is 2.21. The summed E-state index contributed by atoms with van der Waals surface area (Å²) in [5.41, 5.74) is 6.18. The van der Waals surface area contributed by atoms with E-state index in [-0.39, 0.29) is 0 Å². The maximum Gasteiger partial charge on any atom is 0.0526 e. The third kappa shape index (κ3) is 0.722. The minimum Gasteiger partial charge on any atom is -0.380 e. The first kappa shape index (κ1) is 6.62. The van der Waals surface area contributed by atoms with Crippen LogP contribution in [0.4, 0.5) is 0 Å². The minimum atomic E-state index is 0.536. The first-order valence-corrected chi connectivity index (χ1v) is 4.15. The summed E-state index contributed by atoms with van der Waals surface area (Å²) >= 11 is 0. The fourth-order valence-corrected chi connectivity index (χ4v) is 2.20. The highest BCUT2D eigenvalue weighted by Crippen LogP contribution is 2.50. The smallest absolute Gasteiger partial charge is 0.0526 e. The normalized spacial score (nSPS) is 36.3. The highest BCUT2D eigenvalue weighted by atomic mass is 16.5. The lowest BCUT2D eigenvalue weighted by Crippen LogP contribution is -2.40. The van der Waals surface area contributed by atoms with Gasteiger partial charge in [-0.1, -0.05) is 6.42 Å². The van der Waals surface area contributed by atoms with Crippen molar-refractivity contribution in [3.8, 4) is 0 Å². The van der Waals surface area contributed by atoms with E-state index < -0.39 is 0 Å². The van der Waals surface area contributed by atoms with E-state index in [4.69, 9.17) is 10.5 Å². The van der Waals surface area contributed by atoms with E-state index in [0.717, 1.165) is 19.8 Å². The third-order valence-electron chi connectivity index (χ3n) is 3.21. The second-order valence-corrected chi connectivity index (χ2v) is 3.66. The van der Waals surface area contributed by atoms with Crippen LogP contribution in [0.3, 0.4) is 0 Å². The molecule has 10 heavy (non-hydrogen) atoms. The van der Waals surface area contributed by atoms with Gasteiger partial charge in [-0.15, -0.1) is 0 Å². The molecule has 0 amide bonds. The lowest BCUT2D eigenvalue weighted by molar-refractivity contribution is 0.0726. The molecule has 1 aliphatic heterocycles. The topological polar surface area (TPSA) is 35.2 Å². The molecular formula is C8H15NO. The van der Waals surface area contributed by atoms with Crippen molar-refractivity contribution in [3.63, 3.8) is 0 Å². The monoisotopic (exact) mass is 141 g/mol. The van der Waals surface area contributed by atoms with E-state index in [1.165, 1.54) is 19.3 Å². The average Bonchev–Trinajstić information content (AvgIpc) is 2.27. The summed E-state index contributed by atoms with van der Waals surface area (Å²) in [6.07, 6.45) is 4.10. The largest absolute Gasteiger partial charge is 0.380 e. The van der Waals surface area contributed by atoms with Crippen molar-refractivity contribution >= 4 is 0 Å². The fraction of sp³-hybridized carbons (Fsp3) is 1.00. The van der Waals surface area contributed by atoms with Crippen molar-refractivity contribution in [3.05, 3.63) is 0 Å². The van der Waals surface area contributed by atoms with E-state index in [0.29, 0.717) is 11.3 Å². The summed E-state index contributed by atoms with van der Waals surface area (Å²) in [5.74, 6) is 0.668. The molecule has 0 aromatic heterocycles. The van der Waals surface area contributed by atoms with Gasteiger partial charge in [0.1, 0.15) is 0 Å². The lowest BCUT2D eigenvalue weighted by atomic mass is 9.63. The van der Waals surface area contributed by atoms with E-state index in [9.17, 15) is 0 Å². The summed E-state index contributed by atoms with van der Waals surface area (Å²) < 4.78 is 5.43. The number of nitrogens with two attached hydrogens (primary N) is 1. The summed E-state index contributed by atoms with van der Waals surface area (Å²) in [5, 5.41) is 0. The second-order valence-electron chi connectivity index (χ2n) is 3.66. The Hall–Kier alpha value is -0.0800.